The van der Waals surface area contributed by atoms with Crippen LogP contribution in [0.15, 0.2) is 0 Å². The van der Waals surface area contributed by atoms with Gasteiger partial charge in [0.1, 0.15) is 0 Å². The van der Waals surface area contributed by atoms with E-state index in [0.29, 0.717) is 13.2 Å². The molecule has 0 aliphatic rings. The number of unbranched alkanes of at least 4 members (excludes halogenated alkanes) is 3. The Bertz CT molecular complexity index is 279. The minimum atomic E-state index is -2.87. The van der Waals surface area contributed by atoms with Gasteiger partial charge in [0.25, 0.3) is 0 Å². The maximum atomic E-state index is 13.1. The molecule has 0 atom stereocenters. The van der Waals surface area contributed by atoms with E-state index in [1.165, 1.54) is 51.8 Å². The third-order valence-corrected chi connectivity index (χ3v) is 27.9. The van der Waals surface area contributed by atoms with Gasteiger partial charge in [0.2, 0.25) is 0 Å². The van der Waals surface area contributed by atoms with Crippen LogP contribution in [0.25, 0.3) is 0 Å². The predicted molar refractivity (Wildman–Crippen MR) is 101 cm³/mol. The summed E-state index contributed by atoms with van der Waals surface area (Å²) < 4.78 is 29.3. The molecule has 0 heterocycles. The quantitative estimate of drug-likeness (QED) is 0.211. The summed E-state index contributed by atoms with van der Waals surface area (Å²) in [6.45, 7) is 11.6. The second-order valence-corrected chi connectivity index (χ2v) is 24.0. The third-order valence-electron chi connectivity index (χ3n) is 4.36. The van der Waals surface area contributed by atoms with Gasteiger partial charge in [0.05, 0.1) is 0 Å². The zero-order valence-electron chi connectivity index (χ0n) is 15.7. The summed E-state index contributed by atoms with van der Waals surface area (Å²) in [4.78, 5) is 0. The van der Waals surface area contributed by atoms with Crippen LogP contribution in [-0.2, 0) is 13.6 Å². The average Bonchev–Trinajstić information content (AvgIpc) is 2.49. The Morgan fingerprint density at radius 3 is 1.36 bits per heavy atom. The molecule has 0 saturated carbocycles. The van der Waals surface area contributed by atoms with Crippen molar-refractivity contribution in [3.63, 3.8) is 0 Å². The molecule has 0 unspecified atom stereocenters. The van der Waals surface area contributed by atoms with E-state index in [1.807, 2.05) is 13.8 Å². The molecule has 0 aromatic rings. The molecule has 0 aromatic carbocycles. The average molecular weight is 441 g/mol. The molecular weight excluding hydrogens is 402 g/mol. The van der Waals surface area contributed by atoms with Crippen molar-refractivity contribution in [1.29, 1.82) is 0 Å². The van der Waals surface area contributed by atoms with Gasteiger partial charge in [-0.15, -0.1) is 0 Å². The van der Waals surface area contributed by atoms with E-state index >= 15 is 0 Å². The molecule has 0 fully saturated rings. The van der Waals surface area contributed by atoms with Gasteiger partial charge in [0, 0.05) is 0 Å². The summed E-state index contributed by atoms with van der Waals surface area (Å²) in [5.74, 6) is 0. The summed E-state index contributed by atoms with van der Waals surface area (Å²) >= 11 is -2.46. The van der Waals surface area contributed by atoms with Crippen molar-refractivity contribution in [2.45, 2.75) is 86.5 Å². The molecule has 5 heteroatoms. The van der Waals surface area contributed by atoms with Gasteiger partial charge >= 0.3 is 143 Å². The zero-order chi connectivity index (χ0) is 16.9. The molecule has 0 radical (unpaired) electrons. The molecule has 0 aromatic heterocycles. The van der Waals surface area contributed by atoms with Gasteiger partial charge in [0.15, 0.2) is 0 Å². The summed E-state index contributed by atoms with van der Waals surface area (Å²) in [6.07, 6.45) is 7.60. The van der Waals surface area contributed by atoms with Crippen molar-refractivity contribution in [2.75, 3.05) is 17.4 Å². The van der Waals surface area contributed by atoms with Crippen molar-refractivity contribution in [2.24, 2.45) is 0 Å². The van der Waals surface area contributed by atoms with Gasteiger partial charge in [-0.2, -0.15) is 0 Å². The molecule has 0 aliphatic heterocycles. The van der Waals surface area contributed by atoms with Crippen molar-refractivity contribution in [3.05, 3.63) is 0 Å². The van der Waals surface area contributed by atoms with Crippen LogP contribution in [0.2, 0.25) is 13.3 Å². The molecule has 134 valence electrons. The Morgan fingerprint density at radius 1 is 0.727 bits per heavy atom. The van der Waals surface area contributed by atoms with E-state index in [9.17, 15) is 4.57 Å². The standard InChI is InChI=1S/C5H12O3P.3C4H9.Sn/c1-4-7-9(3,6)8-5-2;3*1-3-4-2;/h3-5H2,1-2H3;3*1,3-4H2,2H3;. The first kappa shape index (κ1) is 22.9. The Morgan fingerprint density at radius 2 is 1.09 bits per heavy atom. The summed E-state index contributed by atoms with van der Waals surface area (Å²) in [5.41, 5.74) is 0. The van der Waals surface area contributed by atoms with E-state index in [4.69, 9.17) is 9.05 Å². The van der Waals surface area contributed by atoms with Gasteiger partial charge in [-0.3, -0.25) is 0 Å². The molecule has 0 aliphatic carbocycles. The monoisotopic (exact) mass is 442 g/mol. The Balaban J connectivity index is 5.21. The van der Waals surface area contributed by atoms with Crippen LogP contribution in [0, 0.1) is 0 Å². The van der Waals surface area contributed by atoms with Crippen molar-refractivity contribution in [1.82, 2.24) is 0 Å². The van der Waals surface area contributed by atoms with Gasteiger partial charge < -0.3 is 0 Å². The molecule has 0 spiro atoms. The Kier molecular flexibility index (Phi) is 13.8. The number of hydrogen-bond donors (Lipinski definition) is 0. The third kappa shape index (κ3) is 9.29. The molecule has 0 N–H and O–H groups in total. The second kappa shape index (κ2) is 13.3. The minimum absolute atomic E-state index is 0.495. The fourth-order valence-electron chi connectivity index (χ4n) is 3.20. The molecular formula is C17H39O3PSn. The van der Waals surface area contributed by atoms with Crippen LogP contribution in [0.5, 0.6) is 0 Å². The first-order valence-corrected chi connectivity index (χ1v) is 19.2. The fraction of sp³-hybridized carbons (Fsp3) is 1.00. The van der Waals surface area contributed by atoms with E-state index in [2.05, 4.69) is 20.8 Å². The van der Waals surface area contributed by atoms with Crippen LogP contribution in [-0.4, -0.2) is 35.8 Å². The van der Waals surface area contributed by atoms with E-state index in [1.54, 1.807) is 0 Å². The van der Waals surface area contributed by atoms with Crippen molar-refractivity contribution < 1.29 is 13.6 Å². The summed E-state index contributed by atoms with van der Waals surface area (Å²) in [6, 6.07) is 0. The van der Waals surface area contributed by atoms with Crippen LogP contribution >= 0.6 is 7.60 Å². The summed E-state index contributed by atoms with van der Waals surface area (Å²) in [5, 5.41) is 0. The van der Waals surface area contributed by atoms with Gasteiger partial charge in [-0.05, 0) is 0 Å². The molecule has 0 amide bonds. The van der Waals surface area contributed by atoms with Gasteiger partial charge in [-0.1, -0.05) is 0 Å². The van der Waals surface area contributed by atoms with E-state index in [0.717, 1.165) is 4.18 Å². The molecule has 0 saturated heterocycles. The molecule has 0 rings (SSSR count). The van der Waals surface area contributed by atoms with Crippen molar-refractivity contribution in [3.8, 4) is 0 Å². The topological polar surface area (TPSA) is 35.5 Å². The van der Waals surface area contributed by atoms with Crippen LogP contribution in [0.3, 0.4) is 0 Å². The van der Waals surface area contributed by atoms with Gasteiger partial charge in [-0.25, -0.2) is 0 Å². The van der Waals surface area contributed by atoms with E-state index in [-0.39, 0.29) is 0 Å². The summed E-state index contributed by atoms with van der Waals surface area (Å²) in [7, 11) is -2.87. The molecule has 0 bridgehead atoms. The van der Waals surface area contributed by atoms with Crippen LogP contribution < -0.4 is 0 Å². The normalized spacial score (nSPS) is 12.8. The molecule has 22 heavy (non-hydrogen) atoms. The van der Waals surface area contributed by atoms with Crippen LogP contribution in [0.4, 0.5) is 0 Å². The predicted octanol–water partition coefficient (Wildman–Crippen LogP) is 6.64. The first-order valence-electron chi connectivity index (χ1n) is 9.39. The Hall–Kier alpha value is 0.949. The fourth-order valence-corrected chi connectivity index (χ4v) is 29.8. The SMILES string of the molecule is CCC[CH2][Sn]([CH2]CCC)([CH2]CCC)[CH2]P(=O)(OCC)OCC. The number of hydrogen-bond acceptors (Lipinski definition) is 3. The molecule has 3 nitrogen and oxygen atoms in total. The first-order chi connectivity index (χ1) is 10.5. The number of rotatable bonds is 15. The maximum absolute atomic E-state index is 13.1. The second-order valence-electron chi connectivity index (χ2n) is 6.42. The van der Waals surface area contributed by atoms with Crippen LogP contribution in [0.1, 0.15) is 73.1 Å². The van der Waals surface area contributed by atoms with E-state index < -0.39 is 26.0 Å². The Labute approximate surface area is 143 Å². The van der Waals surface area contributed by atoms with Crippen molar-refractivity contribution >= 4 is 26.0 Å². The zero-order valence-corrected chi connectivity index (χ0v) is 19.4.